The first-order valence-electron chi connectivity index (χ1n) is 6.79. The summed E-state index contributed by atoms with van der Waals surface area (Å²) in [5.41, 5.74) is 1.64. The van der Waals surface area contributed by atoms with E-state index >= 15 is 0 Å². The third-order valence-electron chi connectivity index (χ3n) is 3.22. The van der Waals surface area contributed by atoms with Crippen LogP contribution in [-0.2, 0) is 4.79 Å². The van der Waals surface area contributed by atoms with E-state index in [1.807, 2.05) is 22.9 Å². The molecule has 0 spiro atoms. The van der Waals surface area contributed by atoms with Crippen LogP contribution in [0.3, 0.4) is 0 Å². The Morgan fingerprint density at radius 3 is 2.82 bits per heavy atom. The van der Waals surface area contributed by atoms with Gasteiger partial charge in [-0.25, -0.2) is 0 Å². The molecule has 0 aliphatic carbocycles. The molecule has 0 unspecified atom stereocenters. The Morgan fingerprint density at radius 2 is 2.14 bits per heavy atom. The van der Waals surface area contributed by atoms with Crippen LogP contribution >= 0.6 is 11.3 Å². The molecule has 3 aromatic heterocycles. The Hall–Kier alpha value is -2.48. The summed E-state index contributed by atoms with van der Waals surface area (Å²) in [6.07, 6.45) is 0. The minimum atomic E-state index is -0.360. The fourth-order valence-corrected chi connectivity index (χ4v) is 2.74. The van der Waals surface area contributed by atoms with E-state index in [2.05, 4.69) is 20.6 Å². The normalized spacial score (nSPS) is 12.3. The lowest BCUT2D eigenvalue weighted by atomic mass is 10.3. The number of rotatable bonds is 4. The number of anilines is 1. The number of aromatic nitrogens is 4. The predicted molar refractivity (Wildman–Crippen MR) is 85.9 cm³/mol. The zero-order valence-electron chi connectivity index (χ0n) is 12.5. The number of likely N-dealkylation sites (N-methyl/N-ethyl adjacent to an activating group) is 1. The van der Waals surface area contributed by atoms with E-state index in [0.717, 1.165) is 5.56 Å². The molecule has 1 amide bonds. The lowest BCUT2D eigenvalue weighted by Crippen LogP contribution is -2.36. The molecule has 0 bridgehead atoms. The van der Waals surface area contributed by atoms with E-state index < -0.39 is 0 Å². The number of fused-ring (bicyclic) bond motifs is 1. The van der Waals surface area contributed by atoms with Gasteiger partial charge >= 0.3 is 0 Å². The minimum absolute atomic E-state index is 0.0105. The SMILES string of the molecule is C[C@H](Nc1ccc2nnc(-c3ccsc3)n2n1)C(=O)N(C)C. The Labute approximate surface area is 131 Å². The average molecular weight is 316 g/mol. The highest BCUT2D eigenvalue weighted by atomic mass is 32.1. The van der Waals surface area contributed by atoms with Gasteiger partial charge in [-0.1, -0.05) is 0 Å². The third kappa shape index (κ3) is 2.64. The summed E-state index contributed by atoms with van der Waals surface area (Å²) in [5, 5.41) is 19.9. The first kappa shape index (κ1) is 14.5. The van der Waals surface area contributed by atoms with Gasteiger partial charge in [0.25, 0.3) is 0 Å². The van der Waals surface area contributed by atoms with Gasteiger partial charge in [-0.15, -0.1) is 15.3 Å². The molecule has 0 aliphatic heterocycles. The van der Waals surface area contributed by atoms with Crippen LogP contribution in [0.1, 0.15) is 6.92 Å². The molecule has 1 N–H and O–H groups in total. The molecule has 0 aliphatic rings. The van der Waals surface area contributed by atoms with Crippen molar-refractivity contribution < 1.29 is 4.79 Å². The molecular weight excluding hydrogens is 300 g/mol. The maximum atomic E-state index is 11.9. The number of hydrogen-bond donors (Lipinski definition) is 1. The third-order valence-corrected chi connectivity index (χ3v) is 3.90. The van der Waals surface area contributed by atoms with E-state index in [-0.39, 0.29) is 11.9 Å². The molecule has 114 valence electrons. The van der Waals surface area contributed by atoms with Crippen molar-refractivity contribution in [1.82, 2.24) is 24.7 Å². The standard InChI is InChI=1S/C14H16N6OS/c1-9(14(21)19(2)3)15-11-4-5-12-16-17-13(20(12)18-11)10-6-7-22-8-10/h4-9H,1-3H3,(H,15,18)/t9-/m0/s1. The number of thiophene rings is 1. The summed E-state index contributed by atoms with van der Waals surface area (Å²) in [5.74, 6) is 1.28. The first-order chi connectivity index (χ1) is 10.6. The lowest BCUT2D eigenvalue weighted by molar-refractivity contribution is -0.129. The second-order valence-electron chi connectivity index (χ2n) is 5.12. The van der Waals surface area contributed by atoms with Gasteiger partial charge in [-0.2, -0.15) is 15.9 Å². The Bertz CT molecular complexity index is 795. The Kier molecular flexibility index (Phi) is 3.76. The van der Waals surface area contributed by atoms with Crippen LogP contribution in [-0.4, -0.2) is 50.8 Å². The van der Waals surface area contributed by atoms with Gasteiger partial charge in [0.15, 0.2) is 11.5 Å². The second kappa shape index (κ2) is 5.72. The van der Waals surface area contributed by atoms with Crippen molar-refractivity contribution >= 4 is 28.7 Å². The first-order valence-corrected chi connectivity index (χ1v) is 7.73. The topological polar surface area (TPSA) is 75.4 Å². The van der Waals surface area contributed by atoms with Gasteiger partial charge in [-0.3, -0.25) is 4.79 Å². The lowest BCUT2D eigenvalue weighted by Gasteiger charge is -2.18. The Morgan fingerprint density at radius 1 is 1.32 bits per heavy atom. The average Bonchev–Trinajstić information content (AvgIpc) is 3.14. The van der Waals surface area contributed by atoms with E-state index in [1.54, 1.807) is 47.8 Å². The summed E-state index contributed by atoms with van der Waals surface area (Å²) in [6.45, 7) is 1.81. The summed E-state index contributed by atoms with van der Waals surface area (Å²) in [4.78, 5) is 13.5. The maximum Gasteiger partial charge on any atom is 0.244 e. The fourth-order valence-electron chi connectivity index (χ4n) is 2.11. The van der Waals surface area contributed by atoms with Crippen LogP contribution in [0.4, 0.5) is 5.82 Å². The molecule has 0 fully saturated rings. The second-order valence-corrected chi connectivity index (χ2v) is 5.90. The highest BCUT2D eigenvalue weighted by Crippen LogP contribution is 2.21. The van der Waals surface area contributed by atoms with Crippen LogP contribution in [0.2, 0.25) is 0 Å². The van der Waals surface area contributed by atoms with Crippen LogP contribution in [0.15, 0.2) is 29.0 Å². The molecular formula is C14H16N6OS. The van der Waals surface area contributed by atoms with Crippen LogP contribution < -0.4 is 5.32 Å². The quantitative estimate of drug-likeness (QED) is 0.793. The van der Waals surface area contributed by atoms with E-state index in [0.29, 0.717) is 17.3 Å². The van der Waals surface area contributed by atoms with Crippen molar-refractivity contribution in [3.8, 4) is 11.4 Å². The van der Waals surface area contributed by atoms with Crippen LogP contribution in [0.25, 0.3) is 17.0 Å². The van der Waals surface area contributed by atoms with Crippen molar-refractivity contribution in [2.75, 3.05) is 19.4 Å². The van der Waals surface area contributed by atoms with E-state index in [9.17, 15) is 4.79 Å². The molecule has 8 heteroatoms. The van der Waals surface area contributed by atoms with Gasteiger partial charge in [0.05, 0.1) is 0 Å². The molecule has 0 aromatic carbocycles. The zero-order chi connectivity index (χ0) is 15.7. The molecule has 0 radical (unpaired) electrons. The summed E-state index contributed by atoms with van der Waals surface area (Å²) >= 11 is 1.59. The van der Waals surface area contributed by atoms with Crippen molar-refractivity contribution in [2.45, 2.75) is 13.0 Å². The highest BCUT2D eigenvalue weighted by molar-refractivity contribution is 7.08. The molecule has 1 atom stereocenters. The van der Waals surface area contributed by atoms with Crippen LogP contribution in [0, 0.1) is 0 Å². The number of amides is 1. The van der Waals surface area contributed by atoms with Gasteiger partial charge in [0.1, 0.15) is 11.9 Å². The van der Waals surface area contributed by atoms with Crippen molar-refractivity contribution in [3.05, 3.63) is 29.0 Å². The van der Waals surface area contributed by atoms with Crippen molar-refractivity contribution in [3.63, 3.8) is 0 Å². The summed E-state index contributed by atoms with van der Waals surface area (Å²) in [6, 6.07) is 5.23. The van der Waals surface area contributed by atoms with Crippen molar-refractivity contribution in [1.29, 1.82) is 0 Å². The number of nitrogens with zero attached hydrogens (tertiary/aromatic N) is 5. The number of carbonyl (C=O) groups excluding carboxylic acids is 1. The van der Waals surface area contributed by atoms with Crippen LogP contribution in [0.5, 0.6) is 0 Å². The van der Waals surface area contributed by atoms with E-state index in [4.69, 9.17) is 0 Å². The summed E-state index contributed by atoms with van der Waals surface area (Å²) in [7, 11) is 3.46. The molecule has 3 heterocycles. The smallest absolute Gasteiger partial charge is 0.244 e. The number of hydrogen-bond acceptors (Lipinski definition) is 6. The number of nitrogens with one attached hydrogen (secondary N) is 1. The highest BCUT2D eigenvalue weighted by Gasteiger charge is 2.16. The molecule has 0 saturated heterocycles. The van der Waals surface area contributed by atoms with Gasteiger partial charge in [0, 0.05) is 25.0 Å². The zero-order valence-corrected chi connectivity index (χ0v) is 13.3. The molecule has 3 aromatic rings. The molecule has 0 saturated carbocycles. The predicted octanol–water partition coefficient (Wildman–Crippen LogP) is 1.74. The monoisotopic (exact) mass is 316 g/mol. The van der Waals surface area contributed by atoms with Gasteiger partial charge in [-0.05, 0) is 30.5 Å². The largest absolute Gasteiger partial charge is 0.357 e. The van der Waals surface area contributed by atoms with Gasteiger partial charge in [0.2, 0.25) is 5.91 Å². The molecule has 3 rings (SSSR count). The maximum absolute atomic E-state index is 11.9. The minimum Gasteiger partial charge on any atom is -0.357 e. The van der Waals surface area contributed by atoms with Crippen molar-refractivity contribution in [2.24, 2.45) is 0 Å². The molecule has 22 heavy (non-hydrogen) atoms. The number of carbonyl (C=O) groups is 1. The summed E-state index contributed by atoms with van der Waals surface area (Å²) < 4.78 is 1.68. The fraction of sp³-hybridized carbons (Fsp3) is 0.286. The molecule has 7 nitrogen and oxygen atoms in total. The van der Waals surface area contributed by atoms with Gasteiger partial charge < -0.3 is 10.2 Å². The Balaban J connectivity index is 1.92. The van der Waals surface area contributed by atoms with E-state index in [1.165, 1.54) is 0 Å².